The zero-order valence-corrected chi connectivity index (χ0v) is 19.3. The molecule has 0 bridgehead atoms. The first-order valence-electron chi connectivity index (χ1n) is 10.1. The standard InChI is InChI=1S/C24H18ClN3O4S/c1-12-7-13(2)21-18(8-12)26-23(32-21)15-3-5-16(25)17(9-15)27-24(33)28-22(29)14-4-6-19-20(10-14)31-11-30-19/h3-10H,11H2,1-2H3,(H2,27,28,29,33). The number of nitrogens with one attached hydrogen (secondary N) is 2. The smallest absolute Gasteiger partial charge is 0.257 e. The number of nitrogens with zero attached hydrogens (tertiary/aromatic N) is 1. The number of amides is 1. The summed E-state index contributed by atoms with van der Waals surface area (Å²) >= 11 is 11.7. The zero-order valence-electron chi connectivity index (χ0n) is 17.7. The molecule has 2 N–H and O–H groups in total. The second-order valence-electron chi connectivity index (χ2n) is 7.62. The monoisotopic (exact) mass is 479 g/mol. The van der Waals surface area contributed by atoms with Crippen molar-refractivity contribution in [3.63, 3.8) is 0 Å². The van der Waals surface area contributed by atoms with Crippen LogP contribution in [0.4, 0.5) is 5.69 Å². The van der Waals surface area contributed by atoms with Crippen LogP contribution in [0.3, 0.4) is 0 Å². The number of halogens is 1. The lowest BCUT2D eigenvalue weighted by molar-refractivity contribution is 0.0977. The maximum absolute atomic E-state index is 12.6. The SMILES string of the molecule is Cc1cc(C)c2oc(-c3ccc(Cl)c(NC(=S)NC(=O)c4ccc5c(c4)OCO5)c3)nc2c1. The fourth-order valence-corrected chi connectivity index (χ4v) is 3.99. The predicted octanol–water partition coefficient (Wildman–Crippen LogP) is 5.62. The van der Waals surface area contributed by atoms with Gasteiger partial charge in [0, 0.05) is 11.1 Å². The highest BCUT2D eigenvalue weighted by molar-refractivity contribution is 7.80. The van der Waals surface area contributed by atoms with E-state index < -0.39 is 0 Å². The maximum atomic E-state index is 12.6. The van der Waals surface area contributed by atoms with Crippen LogP contribution in [0.1, 0.15) is 21.5 Å². The molecule has 1 amide bonds. The zero-order chi connectivity index (χ0) is 23.1. The largest absolute Gasteiger partial charge is 0.454 e. The molecule has 1 aliphatic heterocycles. The number of aromatic nitrogens is 1. The predicted molar refractivity (Wildman–Crippen MR) is 130 cm³/mol. The quantitative estimate of drug-likeness (QED) is 0.369. The Hall–Kier alpha value is -3.62. The number of ether oxygens (including phenoxy) is 2. The second kappa shape index (κ2) is 8.38. The number of carbonyl (C=O) groups excluding carboxylic acids is 1. The molecule has 0 aliphatic carbocycles. The Balaban J connectivity index is 1.35. The number of hydrogen-bond acceptors (Lipinski definition) is 6. The van der Waals surface area contributed by atoms with Crippen LogP contribution in [0.5, 0.6) is 11.5 Å². The number of aryl methyl sites for hydroxylation is 2. The van der Waals surface area contributed by atoms with Crippen molar-refractivity contribution in [1.29, 1.82) is 0 Å². The Morgan fingerprint density at radius 3 is 2.73 bits per heavy atom. The fraction of sp³-hybridized carbons (Fsp3) is 0.125. The molecule has 0 radical (unpaired) electrons. The van der Waals surface area contributed by atoms with E-state index in [1.54, 1.807) is 30.3 Å². The van der Waals surface area contributed by atoms with Crippen molar-refractivity contribution < 1.29 is 18.7 Å². The fourth-order valence-electron chi connectivity index (χ4n) is 3.62. The van der Waals surface area contributed by atoms with Gasteiger partial charge in [0.1, 0.15) is 5.52 Å². The van der Waals surface area contributed by atoms with Crippen LogP contribution in [0, 0.1) is 13.8 Å². The summed E-state index contributed by atoms with van der Waals surface area (Å²) in [6.07, 6.45) is 0. The Morgan fingerprint density at radius 2 is 1.88 bits per heavy atom. The third-order valence-corrected chi connectivity index (χ3v) is 5.68. The van der Waals surface area contributed by atoms with Crippen molar-refractivity contribution in [2.24, 2.45) is 0 Å². The molecule has 0 atom stereocenters. The highest BCUT2D eigenvalue weighted by Gasteiger charge is 2.18. The lowest BCUT2D eigenvalue weighted by Crippen LogP contribution is -2.34. The van der Waals surface area contributed by atoms with Gasteiger partial charge in [0.25, 0.3) is 5.91 Å². The number of anilines is 1. The average molecular weight is 480 g/mol. The van der Waals surface area contributed by atoms with Crippen LogP contribution in [0.2, 0.25) is 5.02 Å². The van der Waals surface area contributed by atoms with Crippen molar-refractivity contribution in [1.82, 2.24) is 10.3 Å². The average Bonchev–Trinajstić information content (AvgIpc) is 3.41. The summed E-state index contributed by atoms with van der Waals surface area (Å²) < 4.78 is 16.6. The van der Waals surface area contributed by atoms with E-state index in [-0.39, 0.29) is 17.8 Å². The van der Waals surface area contributed by atoms with Gasteiger partial charge in [-0.1, -0.05) is 17.7 Å². The molecular weight excluding hydrogens is 462 g/mol. The maximum Gasteiger partial charge on any atom is 0.257 e. The topological polar surface area (TPSA) is 85.6 Å². The third-order valence-electron chi connectivity index (χ3n) is 5.14. The van der Waals surface area contributed by atoms with Crippen molar-refractivity contribution in [2.45, 2.75) is 13.8 Å². The van der Waals surface area contributed by atoms with Crippen molar-refractivity contribution in [2.75, 3.05) is 12.1 Å². The number of fused-ring (bicyclic) bond motifs is 2. The Labute approximate surface area is 199 Å². The van der Waals surface area contributed by atoms with Gasteiger partial charge >= 0.3 is 0 Å². The normalized spacial score (nSPS) is 12.1. The number of carbonyl (C=O) groups is 1. The molecular formula is C24H18ClN3O4S. The van der Waals surface area contributed by atoms with Crippen molar-refractivity contribution >= 4 is 51.6 Å². The molecule has 1 aliphatic rings. The molecule has 166 valence electrons. The first kappa shape index (κ1) is 21.2. The molecule has 4 aromatic rings. The number of benzene rings is 3. The van der Waals surface area contributed by atoms with Crippen LogP contribution < -0.4 is 20.1 Å². The van der Waals surface area contributed by atoms with Crippen LogP contribution in [0.15, 0.2) is 52.9 Å². The van der Waals surface area contributed by atoms with E-state index in [4.69, 9.17) is 37.7 Å². The summed E-state index contributed by atoms with van der Waals surface area (Å²) in [4.78, 5) is 17.2. The molecule has 0 spiro atoms. The minimum absolute atomic E-state index is 0.0979. The molecule has 0 saturated carbocycles. The van der Waals surface area contributed by atoms with E-state index in [2.05, 4.69) is 15.6 Å². The molecule has 9 heteroatoms. The number of thiocarbonyl (C=S) groups is 1. The van der Waals surface area contributed by atoms with Crippen LogP contribution in [-0.4, -0.2) is 22.8 Å². The van der Waals surface area contributed by atoms with E-state index >= 15 is 0 Å². The molecule has 0 unspecified atom stereocenters. The molecule has 0 fully saturated rings. The molecule has 2 heterocycles. The van der Waals surface area contributed by atoms with Crippen LogP contribution in [0.25, 0.3) is 22.6 Å². The van der Waals surface area contributed by atoms with E-state index in [0.717, 1.165) is 27.8 Å². The minimum Gasteiger partial charge on any atom is -0.454 e. The minimum atomic E-state index is -0.386. The highest BCUT2D eigenvalue weighted by Crippen LogP contribution is 2.33. The summed E-state index contributed by atoms with van der Waals surface area (Å²) in [5.74, 6) is 1.19. The molecule has 33 heavy (non-hydrogen) atoms. The molecule has 3 aromatic carbocycles. The van der Waals surface area contributed by atoms with E-state index in [1.807, 2.05) is 32.0 Å². The number of hydrogen-bond donors (Lipinski definition) is 2. The first-order chi connectivity index (χ1) is 15.9. The summed E-state index contributed by atoms with van der Waals surface area (Å²) in [6.45, 7) is 4.14. The molecule has 5 rings (SSSR count). The second-order valence-corrected chi connectivity index (χ2v) is 8.44. The molecule has 0 saturated heterocycles. The van der Waals surface area contributed by atoms with Gasteiger partial charge in [0.15, 0.2) is 22.2 Å². The van der Waals surface area contributed by atoms with Gasteiger partial charge in [-0.3, -0.25) is 10.1 Å². The highest BCUT2D eigenvalue weighted by atomic mass is 35.5. The number of rotatable bonds is 3. The lowest BCUT2D eigenvalue weighted by atomic mass is 10.1. The lowest BCUT2D eigenvalue weighted by Gasteiger charge is -2.12. The molecule has 7 nitrogen and oxygen atoms in total. The van der Waals surface area contributed by atoms with E-state index in [0.29, 0.717) is 33.7 Å². The van der Waals surface area contributed by atoms with Crippen LogP contribution >= 0.6 is 23.8 Å². The van der Waals surface area contributed by atoms with Gasteiger partial charge in [-0.25, -0.2) is 4.98 Å². The van der Waals surface area contributed by atoms with Gasteiger partial charge in [-0.05, 0) is 79.7 Å². The van der Waals surface area contributed by atoms with Gasteiger partial charge in [0.05, 0.1) is 10.7 Å². The van der Waals surface area contributed by atoms with Gasteiger partial charge < -0.3 is 19.2 Å². The van der Waals surface area contributed by atoms with Crippen molar-refractivity contribution in [3.8, 4) is 23.0 Å². The first-order valence-corrected chi connectivity index (χ1v) is 10.9. The summed E-state index contributed by atoms with van der Waals surface area (Å²) in [6, 6.07) is 14.2. The summed E-state index contributed by atoms with van der Waals surface area (Å²) in [5.41, 5.74) is 5.29. The molecule has 1 aromatic heterocycles. The summed E-state index contributed by atoms with van der Waals surface area (Å²) in [7, 11) is 0. The van der Waals surface area contributed by atoms with Gasteiger partial charge in [-0.2, -0.15) is 0 Å². The Morgan fingerprint density at radius 1 is 1.06 bits per heavy atom. The summed E-state index contributed by atoms with van der Waals surface area (Å²) in [5, 5.41) is 6.14. The van der Waals surface area contributed by atoms with Crippen LogP contribution in [-0.2, 0) is 0 Å². The van der Waals surface area contributed by atoms with Gasteiger partial charge in [0.2, 0.25) is 12.7 Å². The van der Waals surface area contributed by atoms with Gasteiger partial charge in [-0.15, -0.1) is 0 Å². The third kappa shape index (κ3) is 4.22. The van der Waals surface area contributed by atoms with E-state index in [9.17, 15) is 4.79 Å². The van der Waals surface area contributed by atoms with Crippen molar-refractivity contribution in [3.05, 3.63) is 70.2 Å². The Bertz CT molecular complexity index is 1430. The Kier molecular flexibility index (Phi) is 5.39. The number of oxazole rings is 1. The van der Waals surface area contributed by atoms with E-state index in [1.165, 1.54) is 0 Å².